The molecule has 2 N–H and O–H groups in total. The van der Waals surface area contributed by atoms with Crippen molar-refractivity contribution >= 4 is 17.9 Å². The van der Waals surface area contributed by atoms with Crippen molar-refractivity contribution in [3.05, 3.63) is 101 Å². The largest absolute Gasteiger partial charge is 0.465 e. The van der Waals surface area contributed by atoms with Gasteiger partial charge in [0.15, 0.2) is 0 Å². The molecule has 5 heteroatoms. The number of benzene rings is 2. The Morgan fingerprint density at radius 2 is 1.72 bits per heavy atom. The van der Waals surface area contributed by atoms with Crippen LogP contribution >= 0.6 is 0 Å². The van der Waals surface area contributed by atoms with Crippen LogP contribution in [0.15, 0.2) is 83.1 Å². The average Bonchev–Trinajstić information content (AvgIpc) is 3.25. The first-order valence-corrected chi connectivity index (χ1v) is 9.57. The lowest BCUT2D eigenvalue weighted by molar-refractivity contribution is -0.117. The number of aryl methyl sites for hydroxylation is 2. The van der Waals surface area contributed by atoms with E-state index < -0.39 is 0 Å². The maximum absolute atomic E-state index is 12.7. The second-order valence-corrected chi connectivity index (χ2v) is 6.74. The lowest BCUT2D eigenvalue weighted by Gasteiger charge is -2.11. The third-order valence-corrected chi connectivity index (χ3v) is 4.41. The van der Waals surface area contributed by atoms with Gasteiger partial charge in [0, 0.05) is 18.2 Å². The summed E-state index contributed by atoms with van der Waals surface area (Å²) in [5.41, 5.74) is 2.91. The van der Waals surface area contributed by atoms with E-state index in [0.717, 1.165) is 18.4 Å². The van der Waals surface area contributed by atoms with Crippen LogP contribution in [0.25, 0.3) is 6.08 Å². The zero-order chi connectivity index (χ0) is 20.5. The highest BCUT2D eigenvalue weighted by Crippen LogP contribution is 2.09. The van der Waals surface area contributed by atoms with Crippen LogP contribution in [0.2, 0.25) is 0 Å². The zero-order valence-electron chi connectivity index (χ0n) is 16.4. The number of rotatable bonds is 8. The zero-order valence-corrected chi connectivity index (χ0v) is 16.4. The van der Waals surface area contributed by atoms with Crippen molar-refractivity contribution in [1.82, 2.24) is 10.6 Å². The minimum absolute atomic E-state index is 0.144. The first-order chi connectivity index (χ1) is 14.1. The van der Waals surface area contributed by atoms with Gasteiger partial charge in [-0.15, -0.1) is 0 Å². The molecule has 0 saturated heterocycles. The van der Waals surface area contributed by atoms with E-state index in [2.05, 4.69) is 22.8 Å². The summed E-state index contributed by atoms with van der Waals surface area (Å²) in [5.74, 6) is -0.208. The summed E-state index contributed by atoms with van der Waals surface area (Å²) in [6.45, 7) is 2.45. The normalized spacial score (nSPS) is 11.1. The summed E-state index contributed by atoms with van der Waals surface area (Å²) < 4.78 is 5.29. The van der Waals surface area contributed by atoms with Gasteiger partial charge in [-0.2, -0.15) is 0 Å². The van der Waals surface area contributed by atoms with Crippen molar-refractivity contribution < 1.29 is 14.0 Å². The van der Waals surface area contributed by atoms with Gasteiger partial charge < -0.3 is 15.1 Å². The lowest BCUT2D eigenvalue weighted by atomic mass is 10.1. The van der Waals surface area contributed by atoms with E-state index in [1.54, 1.807) is 24.3 Å². The summed E-state index contributed by atoms with van der Waals surface area (Å²) in [5, 5.41) is 5.57. The van der Waals surface area contributed by atoms with E-state index in [1.807, 2.05) is 37.3 Å². The molecule has 0 aliphatic rings. The Hall–Kier alpha value is -3.60. The lowest BCUT2D eigenvalue weighted by Crippen LogP contribution is -2.35. The topological polar surface area (TPSA) is 71.3 Å². The summed E-state index contributed by atoms with van der Waals surface area (Å²) in [6.07, 6.45) is 4.71. The third kappa shape index (κ3) is 6.21. The molecule has 0 aliphatic carbocycles. The molecule has 0 unspecified atom stereocenters. The molecule has 3 rings (SSSR count). The monoisotopic (exact) mass is 388 g/mol. The molecule has 2 amide bonds. The van der Waals surface area contributed by atoms with Crippen LogP contribution in [-0.4, -0.2) is 18.4 Å². The van der Waals surface area contributed by atoms with Crippen molar-refractivity contribution in [2.75, 3.05) is 6.54 Å². The van der Waals surface area contributed by atoms with Gasteiger partial charge in [-0.1, -0.05) is 48.0 Å². The number of amides is 2. The predicted octanol–water partition coefficient (Wildman–Crippen LogP) is 4.11. The highest BCUT2D eigenvalue weighted by Gasteiger charge is 2.15. The van der Waals surface area contributed by atoms with E-state index in [1.165, 1.54) is 17.9 Å². The molecule has 0 fully saturated rings. The molecular formula is C24H24N2O3. The molecule has 0 bridgehead atoms. The molecular weight excluding hydrogens is 364 g/mol. The summed E-state index contributed by atoms with van der Waals surface area (Å²) in [6, 6.07) is 20.7. The molecule has 3 aromatic rings. The Morgan fingerprint density at radius 3 is 2.41 bits per heavy atom. The van der Waals surface area contributed by atoms with Crippen LogP contribution in [0, 0.1) is 6.92 Å². The van der Waals surface area contributed by atoms with E-state index in [0.29, 0.717) is 17.9 Å². The molecule has 148 valence electrons. The number of carbonyl (C=O) groups is 2. The van der Waals surface area contributed by atoms with Crippen LogP contribution in [0.4, 0.5) is 0 Å². The molecule has 0 atom stereocenters. The van der Waals surface area contributed by atoms with Crippen molar-refractivity contribution in [1.29, 1.82) is 0 Å². The van der Waals surface area contributed by atoms with E-state index in [4.69, 9.17) is 4.42 Å². The van der Waals surface area contributed by atoms with Crippen molar-refractivity contribution in [3.63, 3.8) is 0 Å². The van der Waals surface area contributed by atoms with Gasteiger partial charge in [0.25, 0.3) is 11.8 Å². The standard InChI is InChI=1S/C24H24N2O3/c1-18-11-13-20(14-12-18)23(27)26-22(17-21-10-6-16-29-21)24(28)25-15-5-9-19-7-3-2-4-8-19/h2-4,6-8,10-14,16-17H,5,9,15H2,1H3,(H,25,28)(H,26,27)/b22-17-. The molecule has 0 spiro atoms. The minimum atomic E-state index is -0.352. The number of nitrogens with one attached hydrogen (secondary N) is 2. The summed E-state index contributed by atoms with van der Waals surface area (Å²) >= 11 is 0. The minimum Gasteiger partial charge on any atom is -0.465 e. The van der Waals surface area contributed by atoms with Crippen molar-refractivity contribution in [2.45, 2.75) is 19.8 Å². The molecule has 29 heavy (non-hydrogen) atoms. The molecule has 0 aliphatic heterocycles. The first-order valence-electron chi connectivity index (χ1n) is 9.57. The predicted molar refractivity (Wildman–Crippen MR) is 113 cm³/mol. The molecule has 0 saturated carbocycles. The van der Waals surface area contributed by atoms with Gasteiger partial charge in [0.1, 0.15) is 11.5 Å². The fourth-order valence-corrected chi connectivity index (χ4v) is 2.81. The Bertz CT molecular complexity index is 959. The van der Waals surface area contributed by atoms with Gasteiger partial charge in [-0.05, 0) is 49.6 Å². The fraction of sp³-hybridized carbons (Fsp3) is 0.167. The summed E-state index contributed by atoms with van der Waals surface area (Å²) in [4.78, 5) is 25.2. The number of hydrogen-bond acceptors (Lipinski definition) is 3. The average molecular weight is 388 g/mol. The van der Waals surface area contributed by atoms with Gasteiger partial charge >= 0.3 is 0 Å². The quantitative estimate of drug-likeness (QED) is 0.451. The molecule has 1 aromatic heterocycles. The van der Waals surface area contributed by atoms with E-state index in [-0.39, 0.29) is 17.5 Å². The Morgan fingerprint density at radius 1 is 0.966 bits per heavy atom. The van der Waals surface area contributed by atoms with Gasteiger partial charge in [0.05, 0.1) is 6.26 Å². The highest BCUT2D eigenvalue weighted by atomic mass is 16.3. The Kier molecular flexibility index (Phi) is 7.00. The van der Waals surface area contributed by atoms with Crippen LogP contribution in [0.3, 0.4) is 0 Å². The maximum atomic E-state index is 12.7. The van der Waals surface area contributed by atoms with Crippen LogP contribution in [0.5, 0.6) is 0 Å². The van der Waals surface area contributed by atoms with Crippen LogP contribution in [-0.2, 0) is 11.2 Å². The van der Waals surface area contributed by atoms with E-state index >= 15 is 0 Å². The SMILES string of the molecule is Cc1ccc(C(=O)N/C(=C\c2ccco2)C(=O)NCCCc2ccccc2)cc1. The fourth-order valence-electron chi connectivity index (χ4n) is 2.81. The number of furan rings is 1. The molecule has 2 aromatic carbocycles. The second kappa shape index (κ2) is 10.1. The van der Waals surface area contributed by atoms with Crippen LogP contribution < -0.4 is 10.6 Å². The highest BCUT2D eigenvalue weighted by molar-refractivity contribution is 6.05. The molecule has 5 nitrogen and oxygen atoms in total. The number of hydrogen-bond donors (Lipinski definition) is 2. The third-order valence-electron chi connectivity index (χ3n) is 4.41. The van der Waals surface area contributed by atoms with E-state index in [9.17, 15) is 9.59 Å². The van der Waals surface area contributed by atoms with Crippen LogP contribution in [0.1, 0.15) is 33.7 Å². The van der Waals surface area contributed by atoms with Gasteiger partial charge in [-0.25, -0.2) is 0 Å². The Balaban J connectivity index is 1.62. The maximum Gasteiger partial charge on any atom is 0.267 e. The van der Waals surface area contributed by atoms with Crippen molar-refractivity contribution in [2.24, 2.45) is 0 Å². The number of carbonyl (C=O) groups excluding carboxylic acids is 2. The van der Waals surface area contributed by atoms with Gasteiger partial charge in [0.2, 0.25) is 0 Å². The van der Waals surface area contributed by atoms with Gasteiger partial charge in [-0.3, -0.25) is 9.59 Å². The molecule has 0 radical (unpaired) electrons. The second-order valence-electron chi connectivity index (χ2n) is 6.74. The smallest absolute Gasteiger partial charge is 0.267 e. The Labute approximate surface area is 170 Å². The first kappa shape index (κ1) is 20.1. The summed E-state index contributed by atoms with van der Waals surface area (Å²) in [7, 11) is 0. The molecule has 1 heterocycles. The van der Waals surface area contributed by atoms with Crippen molar-refractivity contribution in [3.8, 4) is 0 Å².